The van der Waals surface area contributed by atoms with Crippen LogP contribution >= 0.6 is 47.8 Å². The molecule has 0 fully saturated rings. The minimum absolute atomic E-state index is 0.0118. The molecular weight excluding hydrogens is 552 g/mol. The fourth-order valence-electron chi connectivity index (χ4n) is 3.27. The molecule has 0 spiro atoms. The van der Waals surface area contributed by atoms with Crippen molar-refractivity contribution in [2.75, 3.05) is 5.32 Å². The summed E-state index contributed by atoms with van der Waals surface area (Å²) in [6, 6.07) is 9.58. The van der Waals surface area contributed by atoms with E-state index in [-0.39, 0.29) is 5.78 Å². The van der Waals surface area contributed by atoms with E-state index in [2.05, 4.69) is 63.2 Å². The third-order valence-electron chi connectivity index (χ3n) is 4.57. The number of nitrogens with zero attached hydrogens (tertiary/aromatic N) is 3. The lowest BCUT2D eigenvalue weighted by atomic mass is 9.90. The number of aromatic nitrogens is 3. The molecule has 28 heavy (non-hydrogen) atoms. The highest BCUT2D eigenvalue weighted by molar-refractivity contribution is 9.11. The summed E-state index contributed by atoms with van der Waals surface area (Å²) >= 11 is 10.6. The number of Topliss-reactive ketones (excluding diaryl/α,β-unsaturated/α-hetero) is 1. The number of hydrogen-bond acceptors (Lipinski definition) is 4. The Balaban J connectivity index is 1.66. The Morgan fingerprint density at radius 3 is 2.57 bits per heavy atom. The largest absolute Gasteiger partial charge is 0.359 e. The number of carbonyl (C=O) groups excluding carboxylic acids is 1. The first-order valence-electron chi connectivity index (χ1n) is 8.60. The first-order chi connectivity index (χ1) is 13.5. The van der Waals surface area contributed by atoms with Crippen LogP contribution in [-0.4, -0.2) is 20.5 Å². The fourth-order valence-corrected chi connectivity index (χ4v) is 5.76. The van der Waals surface area contributed by atoms with Gasteiger partial charge in [0, 0.05) is 31.4 Å². The van der Waals surface area contributed by atoms with Crippen LogP contribution in [0.3, 0.4) is 0 Å². The Bertz CT molecular complexity index is 1080. The first-order valence-corrected chi connectivity index (χ1v) is 11.0. The molecule has 0 saturated heterocycles. The SMILES string of the molecule is Cc1nn(-c2ccccn2)c2c1C(=O)/C(=C/Nc1c(Br)cc(Br)cc1Br)CC2. The van der Waals surface area contributed by atoms with Crippen LogP contribution in [0.15, 0.2) is 61.7 Å². The Hall–Kier alpha value is -1.77. The quantitative estimate of drug-likeness (QED) is 0.396. The zero-order valence-corrected chi connectivity index (χ0v) is 19.6. The molecule has 0 aliphatic heterocycles. The molecule has 2 aromatic heterocycles. The fraction of sp³-hybridized carbons (Fsp3) is 0.150. The zero-order chi connectivity index (χ0) is 19.8. The number of rotatable bonds is 3. The molecule has 8 heteroatoms. The molecule has 1 N–H and O–H groups in total. The summed E-state index contributed by atoms with van der Waals surface area (Å²) in [6.45, 7) is 1.87. The number of anilines is 1. The van der Waals surface area contributed by atoms with Gasteiger partial charge in [-0.25, -0.2) is 9.67 Å². The summed E-state index contributed by atoms with van der Waals surface area (Å²) in [5, 5.41) is 7.83. The van der Waals surface area contributed by atoms with Crippen molar-refractivity contribution in [3.05, 3.63) is 78.7 Å². The molecule has 5 nitrogen and oxygen atoms in total. The molecule has 1 aliphatic rings. The van der Waals surface area contributed by atoms with Crippen molar-refractivity contribution < 1.29 is 4.79 Å². The van der Waals surface area contributed by atoms with E-state index in [1.54, 1.807) is 17.1 Å². The Morgan fingerprint density at radius 1 is 1.14 bits per heavy atom. The highest BCUT2D eigenvalue weighted by Gasteiger charge is 2.29. The standard InChI is InChI=1S/C20H15Br3N4O/c1-11-18-16(27(26-11)17-4-2-3-7-24-17)6-5-12(20(18)28)10-25-19-14(22)8-13(21)9-15(19)23/h2-4,7-10,25H,5-6H2,1H3/b12-10+. The number of benzene rings is 1. The summed E-state index contributed by atoms with van der Waals surface area (Å²) in [5.74, 6) is 0.741. The predicted octanol–water partition coefficient (Wildman–Crippen LogP) is 5.99. The highest BCUT2D eigenvalue weighted by Crippen LogP contribution is 2.35. The third-order valence-corrected chi connectivity index (χ3v) is 6.28. The van der Waals surface area contributed by atoms with E-state index in [1.807, 2.05) is 37.3 Å². The van der Waals surface area contributed by atoms with Gasteiger partial charge in [-0.15, -0.1) is 0 Å². The van der Waals surface area contributed by atoms with Gasteiger partial charge in [-0.3, -0.25) is 4.79 Å². The maximum absolute atomic E-state index is 13.1. The molecule has 4 rings (SSSR count). The van der Waals surface area contributed by atoms with E-state index in [0.29, 0.717) is 12.0 Å². The maximum atomic E-state index is 13.1. The number of nitrogens with one attached hydrogen (secondary N) is 1. The molecule has 2 heterocycles. The van der Waals surface area contributed by atoms with E-state index in [0.717, 1.165) is 48.3 Å². The number of ketones is 1. The molecule has 0 saturated carbocycles. The average Bonchev–Trinajstić information content (AvgIpc) is 3.00. The second kappa shape index (κ2) is 7.93. The monoisotopic (exact) mass is 564 g/mol. The van der Waals surface area contributed by atoms with Crippen molar-refractivity contribution in [1.82, 2.24) is 14.8 Å². The van der Waals surface area contributed by atoms with Gasteiger partial charge < -0.3 is 5.32 Å². The van der Waals surface area contributed by atoms with Crippen LogP contribution in [0.1, 0.15) is 28.2 Å². The van der Waals surface area contributed by atoms with Crippen LogP contribution in [-0.2, 0) is 6.42 Å². The maximum Gasteiger partial charge on any atom is 0.194 e. The zero-order valence-electron chi connectivity index (χ0n) is 14.8. The molecule has 3 aromatic rings. The topological polar surface area (TPSA) is 59.8 Å². The molecule has 0 unspecified atom stereocenters. The molecular formula is C20H15Br3N4O. The van der Waals surface area contributed by atoms with E-state index in [9.17, 15) is 4.79 Å². The van der Waals surface area contributed by atoms with E-state index < -0.39 is 0 Å². The van der Waals surface area contributed by atoms with Crippen LogP contribution in [0, 0.1) is 6.92 Å². The van der Waals surface area contributed by atoms with Gasteiger partial charge in [-0.2, -0.15) is 5.10 Å². The van der Waals surface area contributed by atoms with Gasteiger partial charge in [-0.1, -0.05) is 22.0 Å². The van der Waals surface area contributed by atoms with Gasteiger partial charge in [0.1, 0.15) is 0 Å². The summed E-state index contributed by atoms with van der Waals surface area (Å²) in [5.41, 5.74) is 3.93. The molecule has 1 aliphatic carbocycles. The van der Waals surface area contributed by atoms with Gasteiger partial charge >= 0.3 is 0 Å². The minimum Gasteiger partial charge on any atom is -0.359 e. The number of pyridine rings is 1. The number of allylic oxidation sites excluding steroid dienone is 1. The van der Waals surface area contributed by atoms with Crippen LogP contribution in [0.2, 0.25) is 0 Å². The smallest absolute Gasteiger partial charge is 0.194 e. The minimum atomic E-state index is 0.0118. The van der Waals surface area contributed by atoms with Crippen LogP contribution < -0.4 is 5.32 Å². The summed E-state index contributed by atoms with van der Waals surface area (Å²) in [4.78, 5) is 17.5. The van der Waals surface area contributed by atoms with Crippen molar-refractivity contribution in [3.63, 3.8) is 0 Å². The summed E-state index contributed by atoms with van der Waals surface area (Å²) < 4.78 is 4.54. The molecule has 0 bridgehead atoms. The van der Waals surface area contributed by atoms with Crippen molar-refractivity contribution >= 4 is 59.3 Å². The van der Waals surface area contributed by atoms with Gasteiger partial charge in [0.15, 0.2) is 11.6 Å². The Labute approximate surface area is 187 Å². The first kappa shape index (κ1) is 19.5. The van der Waals surface area contributed by atoms with Gasteiger partial charge in [0.05, 0.1) is 22.6 Å². The lowest BCUT2D eigenvalue weighted by Gasteiger charge is -2.17. The second-order valence-corrected chi connectivity index (χ2v) is 9.02. The van der Waals surface area contributed by atoms with Crippen molar-refractivity contribution in [2.24, 2.45) is 0 Å². The number of carbonyl (C=O) groups is 1. The van der Waals surface area contributed by atoms with E-state index in [4.69, 9.17) is 0 Å². The van der Waals surface area contributed by atoms with Crippen LogP contribution in [0.4, 0.5) is 5.69 Å². The Morgan fingerprint density at radius 2 is 1.89 bits per heavy atom. The summed E-state index contributed by atoms with van der Waals surface area (Å²) in [7, 11) is 0. The average molecular weight is 567 g/mol. The van der Waals surface area contributed by atoms with Crippen LogP contribution in [0.5, 0.6) is 0 Å². The van der Waals surface area contributed by atoms with Gasteiger partial charge in [-0.05, 0) is 75.9 Å². The number of halogens is 3. The normalized spacial score (nSPS) is 15.0. The van der Waals surface area contributed by atoms with Crippen LogP contribution in [0.25, 0.3) is 5.82 Å². The van der Waals surface area contributed by atoms with Crippen molar-refractivity contribution in [2.45, 2.75) is 19.8 Å². The number of fused-ring (bicyclic) bond motifs is 1. The van der Waals surface area contributed by atoms with E-state index in [1.165, 1.54) is 0 Å². The molecule has 142 valence electrons. The molecule has 1 aromatic carbocycles. The molecule has 0 radical (unpaired) electrons. The highest BCUT2D eigenvalue weighted by atomic mass is 79.9. The lowest BCUT2D eigenvalue weighted by molar-refractivity contribution is 0.102. The van der Waals surface area contributed by atoms with Gasteiger partial charge in [0.25, 0.3) is 0 Å². The van der Waals surface area contributed by atoms with Crippen molar-refractivity contribution in [1.29, 1.82) is 0 Å². The summed E-state index contributed by atoms with van der Waals surface area (Å²) in [6.07, 6.45) is 4.89. The number of hydrogen-bond donors (Lipinski definition) is 1. The Kier molecular flexibility index (Phi) is 5.53. The second-order valence-electron chi connectivity index (χ2n) is 6.39. The molecule has 0 atom stereocenters. The third kappa shape index (κ3) is 3.60. The van der Waals surface area contributed by atoms with Gasteiger partial charge in [0.2, 0.25) is 0 Å². The van der Waals surface area contributed by atoms with E-state index >= 15 is 0 Å². The molecule has 0 amide bonds. The lowest BCUT2D eigenvalue weighted by Crippen LogP contribution is -2.17. The number of aryl methyl sites for hydroxylation is 1. The predicted molar refractivity (Wildman–Crippen MR) is 120 cm³/mol. The van der Waals surface area contributed by atoms with Crippen molar-refractivity contribution in [3.8, 4) is 5.82 Å².